The molecule has 2 fully saturated rings. The first-order chi connectivity index (χ1) is 24.0. The molecule has 0 unspecified atom stereocenters. The average molecular weight is 659 g/mol. The van der Waals surface area contributed by atoms with Gasteiger partial charge in [0.15, 0.2) is 11.5 Å². The first kappa shape index (κ1) is 32.2. The summed E-state index contributed by atoms with van der Waals surface area (Å²) in [6.45, 7) is 2.62. The smallest absolute Gasteiger partial charge is 0.246 e. The van der Waals surface area contributed by atoms with E-state index in [0.717, 1.165) is 48.4 Å². The number of fused-ring (bicyclic) bond motifs is 1. The van der Waals surface area contributed by atoms with Crippen LogP contribution in [0.2, 0.25) is 0 Å². The number of ether oxygens (including phenoxy) is 3. The molecule has 0 bridgehead atoms. The topological polar surface area (TPSA) is 94.0 Å². The molecule has 1 aliphatic carbocycles. The van der Waals surface area contributed by atoms with Gasteiger partial charge in [-0.05, 0) is 86.8 Å². The summed E-state index contributed by atoms with van der Waals surface area (Å²) < 4.78 is 19.7. The van der Waals surface area contributed by atoms with E-state index in [1.54, 1.807) is 19.4 Å². The van der Waals surface area contributed by atoms with Crippen molar-refractivity contribution < 1.29 is 19.0 Å². The second-order valence-corrected chi connectivity index (χ2v) is 12.6. The standard InChI is InChI=1S/C39H42N6O4/c1-43(29-14-15-29)24-7-11-36(46)44-25-6-8-30(44)26-41-38-37-35(49-34-20-18-33(19-21-34)48-32-9-4-3-5-10-32)22-23-40-39(37)45(42-38)27-28-12-16-31(47-2)17-13-28/h3-5,7,9-13,16-23,29-30H,6,8,14-15,24-27H2,1-2H3,(H,41,42)/t30-/m0/s1. The molecule has 1 atom stereocenters. The highest BCUT2D eigenvalue weighted by molar-refractivity contribution is 5.93. The summed E-state index contributed by atoms with van der Waals surface area (Å²) >= 11 is 0. The lowest BCUT2D eigenvalue weighted by Crippen LogP contribution is -2.38. The molecule has 1 N–H and O–H groups in total. The van der Waals surface area contributed by atoms with E-state index < -0.39 is 0 Å². The van der Waals surface area contributed by atoms with Gasteiger partial charge in [0.2, 0.25) is 5.91 Å². The van der Waals surface area contributed by atoms with Crippen LogP contribution in [0.4, 0.5) is 5.82 Å². The number of anilines is 1. The van der Waals surface area contributed by atoms with Crippen LogP contribution in [0.5, 0.6) is 28.7 Å². The predicted octanol–water partition coefficient (Wildman–Crippen LogP) is 7.13. The normalized spacial score (nSPS) is 16.1. The van der Waals surface area contributed by atoms with Crippen LogP contribution < -0.4 is 19.5 Å². The third kappa shape index (κ3) is 7.87. The number of carbonyl (C=O) groups excluding carboxylic acids is 1. The van der Waals surface area contributed by atoms with Crippen LogP contribution in [0, 0.1) is 0 Å². The predicted molar refractivity (Wildman–Crippen MR) is 191 cm³/mol. The van der Waals surface area contributed by atoms with Crippen molar-refractivity contribution in [3.63, 3.8) is 0 Å². The number of hydrogen-bond donors (Lipinski definition) is 1. The maximum atomic E-state index is 13.2. The molecule has 2 aliphatic rings. The van der Waals surface area contributed by atoms with Gasteiger partial charge in [-0.15, -0.1) is 0 Å². The SMILES string of the molecule is COc1ccc(Cn2nc(NC[C@@H]3CCCN3C(=O)C=CCN(C)C3CC3)c3c(Oc4ccc(Oc5ccccc5)cc4)ccnc32)cc1. The minimum Gasteiger partial charge on any atom is -0.497 e. The summed E-state index contributed by atoms with van der Waals surface area (Å²) in [4.78, 5) is 22.2. The third-order valence-corrected chi connectivity index (χ3v) is 9.11. The van der Waals surface area contributed by atoms with Gasteiger partial charge in [-0.25, -0.2) is 9.67 Å². The number of para-hydroxylation sites is 1. The first-order valence-corrected chi connectivity index (χ1v) is 16.9. The van der Waals surface area contributed by atoms with Gasteiger partial charge in [0, 0.05) is 50.1 Å². The number of hydrogen-bond acceptors (Lipinski definition) is 8. The molecule has 1 saturated carbocycles. The molecule has 1 amide bonds. The fraction of sp³-hybridized carbons (Fsp3) is 0.308. The van der Waals surface area contributed by atoms with E-state index in [1.165, 1.54) is 12.8 Å². The molecule has 0 spiro atoms. The summed E-state index contributed by atoms with van der Waals surface area (Å²) in [6, 6.07) is 27.7. The number of carbonyl (C=O) groups is 1. The van der Waals surface area contributed by atoms with Crippen LogP contribution in [0.15, 0.2) is 103 Å². The first-order valence-electron chi connectivity index (χ1n) is 16.9. The van der Waals surface area contributed by atoms with Gasteiger partial charge < -0.3 is 24.4 Å². The van der Waals surface area contributed by atoms with Crippen LogP contribution in [0.1, 0.15) is 31.2 Å². The molecular formula is C39H42N6O4. The molecule has 252 valence electrons. The minimum absolute atomic E-state index is 0.0540. The summed E-state index contributed by atoms with van der Waals surface area (Å²) in [5.74, 6) is 4.30. The molecule has 0 radical (unpaired) electrons. The lowest BCUT2D eigenvalue weighted by molar-refractivity contribution is -0.126. The van der Waals surface area contributed by atoms with E-state index in [2.05, 4.69) is 17.3 Å². The molecule has 49 heavy (non-hydrogen) atoms. The van der Waals surface area contributed by atoms with Gasteiger partial charge in [-0.1, -0.05) is 36.4 Å². The van der Waals surface area contributed by atoms with Crippen LogP contribution in [0.25, 0.3) is 11.0 Å². The van der Waals surface area contributed by atoms with Crippen LogP contribution in [0.3, 0.4) is 0 Å². The Hall–Kier alpha value is -5.35. The fourth-order valence-electron chi connectivity index (χ4n) is 6.25. The number of aromatic nitrogens is 3. The molecular weight excluding hydrogens is 616 g/mol. The zero-order valence-corrected chi connectivity index (χ0v) is 28.0. The van der Waals surface area contributed by atoms with E-state index in [-0.39, 0.29) is 11.9 Å². The average Bonchev–Trinajstić information content (AvgIpc) is 3.78. The van der Waals surface area contributed by atoms with Crippen molar-refractivity contribution in [2.24, 2.45) is 0 Å². The van der Waals surface area contributed by atoms with E-state index in [1.807, 2.05) is 101 Å². The van der Waals surface area contributed by atoms with Crippen molar-refractivity contribution in [1.82, 2.24) is 24.6 Å². The maximum absolute atomic E-state index is 13.2. The Balaban J connectivity index is 1.11. The maximum Gasteiger partial charge on any atom is 0.246 e. The lowest BCUT2D eigenvalue weighted by Gasteiger charge is -2.24. The van der Waals surface area contributed by atoms with Gasteiger partial charge in [-0.2, -0.15) is 5.10 Å². The molecule has 3 aromatic carbocycles. The second kappa shape index (κ2) is 14.8. The molecule has 1 saturated heterocycles. The minimum atomic E-state index is 0.0540. The number of likely N-dealkylation sites (tertiary alicyclic amines) is 1. The van der Waals surface area contributed by atoms with Crippen LogP contribution >= 0.6 is 0 Å². The largest absolute Gasteiger partial charge is 0.497 e. The number of pyridine rings is 1. The molecule has 7 rings (SSSR count). The zero-order valence-electron chi connectivity index (χ0n) is 28.0. The monoisotopic (exact) mass is 658 g/mol. The lowest BCUT2D eigenvalue weighted by atomic mass is 10.2. The van der Waals surface area contributed by atoms with E-state index in [4.69, 9.17) is 24.3 Å². The van der Waals surface area contributed by atoms with E-state index in [0.29, 0.717) is 47.8 Å². The molecule has 1 aliphatic heterocycles. The second-order valence-electron chi connectivity index (χ2n) is 12.6. The number of methoxy groups -OCH3 is 1. The Morgan fingerprint density at radius 3 is 2.37 bits per heavy atom. The molecule has 3 heterocycles. The Labute approximate surface area is 286 Å². The Bertz CT molecular complexity index is 1890. The Morgan fingerprint density at radius 1 is 0.918 bits per heavy atom. The van der Waals surface area contributed by atoms with Crippen molar-refractivity contribution in [2.45, 2.75) is 44.3 Å². The van der Waals surface area contributed by atoms with Crippen molar-refractivity contribution in [1.29, 1.82) is 0 Å². The number of amides is 1. The van der Waals surface area contributed by atoms with Crippen LogP contribution in [-0.2, 0) is 11.3 Å². The molecule has 2 aromatic heterocycles. The summed E-state index contributed by atoms with van der Waals surface area (Å²) in [5.41, 5.74) is 1.76. The summed E-state index contributed by atoms with van der Waals surface area (Å²) in [5, 5.41) is 9.36. The summed E-state index contributed by atoms with van der Waals surface area (Å²) in [6.07, 6.45) is 9.88. The summed E-state index contributed by atoms with van der Waals surface area (Å²) in [7, 11) is 3.78. The van der Waals surface area contributed by atoms with E-state index in [9.17, 15) is 4.79 Å². The van der Waals surface area contributed by atoms with Gasteiger partial charge in [-0.3, -0.25) is 9.69 Å². The number of benzene rings is 3. The van der Waals surface area contributed by atoms with Crippen molar-refractivity contribution in [3.8, 4) is 28.7 Å². The number of nitrogens with one attached hydrogen (secondary N) is 1. The van der Waals surface area contributed by atoms with Gasteiger partial charge in [0.05, 0.1) is 13.7 Å². The number of rotatable bonds is 14. The van der Waals surface area contributed by atoms with Crippen LogP contribution in [-0.4, -0.2) is 76.3 Å². The highest BCUT2D eigenvalue weighted by Crippen LogP contribution is 2.36. The third-order valence-electron chi connectivity index (χ3n) is 9.11. The quantitative estimate of drug-likeness (QED) is 0.126. The van der Waals surface area contributed by atoms with Crippen molar-refractivity contribution in [3.05, 3.63) is 109 Å². The zero-order chi connectivity index (χ0) is 33.6. The highest BCUT2D eigenvalue weighted by Gasteiger charge is 2.29. The van der Waals surface area contributed by atoms with Gasteiger partial charge in [0.1, 0.15) is 34.1 Å². The highest BCUT2D eigenvalue weighted by atomic mass is 16.5. The Morgan fingerprint density at radius 2 is 1.63 bits per heavy atom. The number of likely N-dealkylation sites (N-methyl/N-ethyl adjacent to an activating group) is 1. The molecule has 5 aromatic rings. The van der Waals surface area contributed by atoms with Gasteiger partial charge >= 0.3 is 0 Å². The molecule has 10 nitrogen and oxygen atoms in total. The van der Waals surface area contributed by atoms with Crippen molar-refractivity contribution in [2.75, 3.05) is 39.1 Å². The van der Waals surface area contributed by atoms with E-state index >= 15 is 0 Å². The van der Waals surface area contributed by atoms with Crippen molar-refractivity contribution >= 4 is 22.8 Å². The number of nitrogens with zero attached hydrogens (tertiary/aromatic N) is 5. The Kier molecular flexibility index (Phi) is 9.74. The van der Waals surface area contributed by atoms with Gasteiger partial charge in [0.25, 0.3) is 0 Å². The fourth-order valence-corrected chi connectivity index (χ4v) is 6.25. The molecule has 10 heteroatoms.